The van der Waals surface area contributed by atoms with Crippen LogP contribution in [0.2, 0.25) is 0 Å². The number of nitriles is 1. The molecule has 18 heteroatoms. The average molecular weight is 876 g/mol. The molecule has 4 atom stereocenters. The number of hydrogen-bond donors (Lipinski definition) is 7. The molecule has 1 aliphatic heterocycles. The second-order valence-corrected chi connectivity index (χ2v) is 16.4. The molecule has 338 valence electrons. The lowest BCUT2D eigenvalue weighted by atomic mass is 9.87. The number of benzene rings is 3. The van der Waals surface area contributed by atoms with Gasteiger partial charge in [-0.15, -0.1) is 0 Å². The monoisotopic (exact) mass is 875 g/mol. The minimum Gasteiger partial charge on any atom is -0.492 e. The summed E-state index contributed by atoms with van der Waals surface area (Å²) in [5.74, 6) is -2.31. The number of fused-ring (bicyclic) bond motifs is 5. The van der Waals surface area contributed by atoms with E-state index in [2.05, 4.69) is 52.0 Å². The fraction of sp³-hybridized carbons (Fsp3) is 0.391. The molecule has 10 N–H and O–H groups in total. The largest absolute Gasteiger partial charge is 0.492 e. The third-order valence-electron chi connectivity index (χ3n) is 10.6. The van der Waals surface area contributed by atoms with Crippen molar-refractivity contribution in [1.29, 1.82) is 5.26 Å². The van der Waals surface area contributed by atoms with Gasteiger partial charge in [-0.05, 0) is 60.2 Å². The maximum atomic E-state index is 14.5. The lowest BCUT2D eigenvalue weighted by Crippen LogP contribution is -2.56. The van der Waals surface area contributed by atoms with E-state index >= 15 is 0 Å². The van der Waals surface area contributed by atoms with Gasteiger partial charge in [0, 0.05) is 56.0 Å². The molecule has 2 heterocycles. The number of carbonyl (C=O) groups excluding carboxylic acids is 5. The van der Waals surface area contributed by atoms with E-state index in [4.69, 9.17) is 31.9 Å². The number of amides is 5. The van der Waals surface area contributed by atoms with Gasteiger partial charge < -0.3 is 52.8 Å². The highest BCUT2D eigenvalue weighted by Gasteiger charge is 2.36. The lowest BCUT2D eigenvalue weighted by Gasteiger charge is -2.32. The summed E-state index contributed by atoms with van der Waals surface area (Å²) in [7, 11) is 1.38. The molecule has 0 spiro atoms. The van der Waals surface area contributed by atoms with E-state index in [1.807, 2.05) is 30.3 Å². The molecule has 0 saturated heterocycles. The van der Waals surface area contributed by atoms with Crippen molar-refractivity contribution in [3.8, 4) is 40.1 Å². The van der Waals surface area contributed by atoms with Crippen molar-refractivity contribution in [2.45, 2.75) is 70.6 Å². The van der Waals surface area contributed by atoms with Crippen LogP contribution in [0, 0.1) is 18.3 Å². The molecule has 0 radical (unpaired) electrons. The van der Waals surface area contributed by atoms with Crippen molar-refractivity contribution < 1.29 is 33.4 Å². The van der Waals surface area contributed by atoms with Gasteiger partial charge in [0.2, 0.25) is 23.6 Å². The Morgan fingerprint density at radius 2 is 1.58 bits per heavy atom. The lowest BCUT2D eigenvalue weighted by molar-refractivity contribution is -0.141. The molecular formula is C46H57N11O7. The second-order valence-electron chi connectivity index (χ2n) is 16.4. The van der Waals surface area contributed by atoms with Gasteiger partial charge in [-0.25, -0.2) is 9.97 Å². The van der Waals surface area contributed by atoms with Crippen molar-refractivity contribution >= 4 is 29.5 Å². The summed E-state index contributed by atoms with van der Waals surface area (Å²) in [4.78, 5) is 79.8. The fourth-order valence-corrected chi connectivity index (χ4v) is 7.11. The molecule has 3 aromatic carbocycles. The summed E-state index contributed by atoms with van der Waals surface area (Å²) < 4.78 is 12.1. The fourth-order valence-electron chi connectivity index (χ4n) is 7.11. The standard InChI is InChI=1S/C46H57N11O7/c1-26-34(25-52-40(53-26)29-8-11-31(12-9-29)46(3,4)5)42(59)56-36(24-50)45(62)57(6)39-30-10-14-38(64-20-17-49)33(23-30)32-21-28(7-13-37(32)63-19-16-48)22-35(43(60)51-18-15-47)55-41(58)27(2)54-44(39)61/h7-14,21,23,25,27,35-36,39H,16-20,22,24,48-50H2,1-6H3,(H,51,60)(H,54,61)(H,55,58)(H,56,59)/t27-,35-,36-,39-/m0/s1. The molecule has 0 unspecified atom stereocenters. The summed E-state index contributed by atoms with van der Waals surface area (Å²) >= 11 is 0. The maximum Gasteiger partial charge on any atom is 0.255 e. The topological polar surface area (TPSA) is 283 Å². The number of nitrogens with one attached hydrogen (secondary N) is 4. The molecule has 0 fully saturated rings. The molecule has 0 aliphatic carbocycles. The second kappa shape index (κ2) is 21.4. The number of aryl methyl sites for hydroxylation is 1. The van der Waals surface area contributed by atoms with Gasteiger partial charge in [-0.1, -0.05) is 57.2 Å². The van der Waals surface area contributed by atoms with Crippen molar-refractivity contribution in [2.75, 3.05) is 46.4 Å². The van der Waals surface area contributed by atoms with Crippen LogP contribution in [-0.2, 0) is 31.0 Å². The minimum absolute atomic E-state index is 0.000174. The first-order valence-corrected chi connectivity index (χ1v) is 20.9. The summed E-state index contributed by atoms with van der Waals surface area (Å²) in [5.41, 5.74) is 22.0. The van der Waals surface area contributed by atoms with Gasteiger partial charge in [0.15, 0.2) is 5.82 Å². The van der Waals surface area contributed by atoms with Crippen LogP contribution in [0.4, 0.5) is 0 Å². The first-order chi connectivity index (χ1) is 30.5. The van der Waals surface area contributed by atoms with E-state index in [0.29, 0.717) is 45.3 Å². The van der Waals surface area contributed by atoms with Gasteiger partial charge in [-0.2, -0.15) is 5.26 Å². The number of likely N-dealkylation sites (N-methyl/N-ethyl adjacent to an activating group) is 1. The zero-order valence-electron chi connectivity index (χ0n) is 37.0. The minimum atomic E-state index is -1.42. The number of hydrogen-bond acceptors (Lipinski definition) is 13. The predicted molar refractivity (Wildman–Crippen MR) is 240 cm³/mol. The zero-order chi connectivity index (χ0) is 46.7. The van der Waals surface area contributed by atoms with Crippen LogP contribution >= 0.6 is 0 Å². The van der Waals surface area contributed by atoms with Crippen molar-refractivity contribution in [1.82, 2.24) is 36.1 Å². The van der Waals surface area contributed by atoms with Crippen LogP contribution in [0.3, 0.4) is 0 Å². The Morgan fingerprint density at radius 3 is 2.17 bits per heavy atom. The normalized spacial score (nSPS) is 16.8. The first-order valence-electron chi connectivity index (χ1n) is 20.9. The van der Waals surface area contributed by atoms with Gasteiger partial charge in [-0.3, -0.25) is 24.0 Å². The molecule has 5 amide bonds. The van der Waals surface area contributed by atoms with Crippen LogP contribution in [0.25, 0.3) is 22.5 Å². The Labute approximate surface area is 372 Å². The van der Waals surface area contributed by atoms with Crippen LogP contribution in [0.5, 0.6) is 11.5 Å². The smallest absolute Gasteiger partial charge is 0.255 e. The maximum absolute atomic E-state index is 14.5. The summed E-state index contributed by atoms with van der Waals surface area (Å²) in [6.07, 6.45) is 1.39. The molecule has 4 aromatic rings. The number of rotatable bonds is 14. The molecule has 0 saturated carbocycles. The van der Waals surface area contributed by atoms with Crippen molar-refractivity contribution in [2.24, 2.45) is 17.2 Å². The molecule has 1 aliphatic rings. The number of nitrogens with two attached hydrogens (primary N) is 3. The van der Waals surface area contributed by atoms with E-state index in [0.717, 1.165) is 16.0 Å². The quantitative estimate of drug-likeness (QED) is 0.0887. The van der Waals surface area contributed by atoms with E-state index in [-0.39, 0.29) is 56.8 Å². The van der Waals surface area contributed by atoms with Crippen LogP contribution in [-0.4, -0.2) is 109 Å². The van der Waals surface area contributed by atoms with Crippen LogP contribution < -0.4 is 47.9 Å². The third-order valence-corrected chi connectivity index (χ3v) is 10.6. The third kappa shape index (κ3) is 11.5. The SMILES string of the molecule is Cc1nc(-c2ccc(C(C)(C)C)cc2)ncc1C(=O)N[C@@H](CN)C(=O)N(C)[C@@H]1C(=O)N[C@@H](C)C(=O)N[C@H](C(=O)NCC#N)Cc2ccc(OCCN)c(c2)-c2cc1ccc2OCCN. The molecule has 4 bridgehead atoms. The molecule has 5 rings (SSSR count). The Bertz CT molecular complexity index is 2390. The number of nitrogens with zero attached hydrogens (tertiary/aromatic N) is 4. The Hall–Kier alpha value is -6.94. The first kappa shape index (κ1) is 48.1. The average Bonchev–Trinajstić information content (AvgIpc) is 3.27. The van der Waals surface area contributed by atoms with E-state index in [1.54, 1.807) is 43.3 Å². The Kier molecular flexibility index (Phi) is 16.1. The van der Waals surface area contributed by atoms with Crippen molar-refractivity contribution in [3.05, 3.63) is 94.8 Å². The molecule has 64 heavy (non-hydrogen) atoms. The van der Waals surface area contributed by atoms with Crippen LogP contribution in [0.1, 0.15) is 66.5 Å². The van der Waals surface area contributed by atoms with Gasteiger partial charge in [0.05, 0.1) is 17.3 Å². The van der Waals surface area contributed by atoms with Gasteiger partial charge >= 0.3 is 0 Å². The summed E-state index contributed by atoms with van der Waals surface area (Å²) in [5, 5.41) is 19.7. The number of aromatic nitrogens is 2. The highest BCUT2D eigenvalue weighted by atomic mass is 16.5. The van der Waals surface area contributed by atoms with E-state index < -0.39 is 53.7 Å². The molecule has 1 aromatic heterocycles. The zero-order valence-corrected chi connectivity index (χ0v) is 37.0. The molecule has 18 nitrogen and oxygen atoms in total. The summed E-state index contributed by atoms with van der Waals surface area (Å²) in [6.45, 7) is 9.46. The highest BCUT2D eigenvalue weighted by Crippen LogP contribution is 2.40. The Balaban J connectivity index is 1.54. The van der Waals surface area contributed by atoms with E-state index in [1.165, 1.54) is 20.2 Å². The number of ether oxygens (including phenoxy) is 2. The van der Waals surface area contributed by atoms with E-state index in [9.17, 15) is 24.0 Å². The summed E-state index contributed by atoms with van der Waals surface area (Å²) in [6, 6.07) is 14.7. The van der Waals surface area contributed by atoms with Crippen LogP contribution in [0.15, 0.2) is 66.9 Å². The predicted octanol–water partition coefficient (Wildman–Crippen LogP) is 1.53. The van der Waals surface area contributed by atoms with Crippen molar-refractivity contribution in [3.63, 3.8) is 0 Å². The number of carbonyl (C=O) groups is 5. The Morgan fingerprint density at radius 1 is 0.938 bits per heavy atom. The van der Waals surface area contributed by atoms with Gasteiger partial charge in [0.1, 0.15) is 55.4 Å². The highest BCUT2D eigenvalue weighted by molar-refractivity contribution is 6.00. The van der Waals surface area contributed by atoms with Gasteiger partial charge in [0.25, 0.3) is 5.91 Å². The molecular weight excluding hydrogens is 819 g/mol.